The minimum absolute atomic E-state index is 0.437. The van der Waals surface area contributed by atoms with Gasteiger partial charge in [-0.1, -0.05) is 13.8 Å². The molecule has 2 unspecified atom stereocenters. The highest BCUT2D eigenvalue weighted by Crippen LogP contribution is 2.42. The van der Waals surface area contributed by atoms with Gasteiger partial charge >= 0.3 is 5.97 Å². The second kappa shape index (κ2) is 3.72. The molecule has 6 heteroatoms. The van der Waals surface area contributed by atoms with Crippen LogP contribution in [0.2, 0.25) is 0 Å². The molecule has 0 bridgehead atoms. The van der Waals surface area contributed by atoms with Crippen molar-refractivity contribution in [2.45, 2.75) is 19.8 Å². The average Bonchev–Trinajstić information content (AvgIpc) is 2.30. The summed E-state index contributed by atoms with van der Waals surface area (Å²) in [6, 6.07) is 0. The number of fused-ring (bicyclic) bond motifs is 1. The molecule has 0 spiro atoms. The molecule has 1 aliphatic heterocycles. The second-order valence-corrected chi connectivity index (χ2v) is 4.00. The number of esters is 1. The van der Waals surface area contributed by atoms with Crippen LogP contribution < -0.4 is 4.74 Å². The number of benzene rings is 1. The van der Waals surface area contributed by atoms with E-state index < -0.39 is 52.4 Å². The quantitative estimate of drug-likeness (QED) is 0.232. The third kappa shape index (κ3) is 1.50. The topological polar surface area (TPSA) is 26.3 Å². The number of carbonyl (C=O) groups is 1. The van der Waals surface area contributed by atoms with Gasteiger partial charge in [0.15, 0.2) is 17.4 Å². The van der Waals surface area contributed by atoms with E-state index in [0.29, 0.717) is 0 Å². The van der Waals surface area contributed by atoms with Gasteiger partial charge in [-0.15, -0.1) is 0 Å². The fourth-order valence-corrected chi connectivity index (χ4v) is 1.78. The first kappa shape index (κ1) is 11.9. The monoisotopic (exact) mass is 248 g/mol. The lowest BCUT2D eigenvalue weighted by Crippen LogP contribution is -2.30. The lowest BCUT2D eigenvalue weighted by molar-refractivity contribution is -0.140. The van der Waals surface area contributed by atoms with E-state index in [9.17, 15) is 22.4 Å². The Hall–Kier alpha value is -1.59. The van der Waals surface area contributed by atoms with Crippen LogP contribution in [-0.2, 0) is 4.79 Å². The molecule has 0 fully saturated rings. The second-order valence-electron chi connectivity index (χ2n) is 4.00. The Labute approximate surface area is 94.2 Å². The molecule has 1 heterocycles. The Kier molecular flexibility index (Phi) is 2.60. The molecule has 1 aliphatic rings. The minimum Gasteiger partial charge on any atom is -0.423 e. The summed E-state index contributed by atoms with van der Waals surface area (Å²) in [4.78, 5) is 11.3. The Morgan fingerprint density at radius 3 is 2.00 bits per heavy atom. The molecule has 1 aromatic rings. The van der Waals surface area contributed by atoms with Crippen LogP contribution in [0.5, 0.6) is 5.75 Å². The highest BCUT2D eigenvalue weighted by atomic mass is 19.2. The molecule has 0 radical (unpaired) electrons. The van der Waals surface area contributed by atoms with Crippen LogP contribution in [0.4, 0.5) is 17.6 Å². The van der Waals surface area contributed by atoms with Gasteiger partial charge in [-0.05, 0) is 0 Å². The smallest absolute Gasteiger partial charge is 0.314 e. The minimum atomic E-state index is -1.98. The molecular weight excluding hydrogens is 240 g/mol. The van der Waals surface area contributed by atoms with Crippen molar-refractivity contribution in [3.63, 3.8) is 0 Å². The zero-order valence-corrected chi connectivity index (χ0v) is 8.98. The molecule has 0 N–H and O–H groups in total. The number of ether oxygens (including phenoxy) is 1. The van der Waals surface area contributed by atoms with Crippen molar-refractivity contribution in [1.82, 2.24) is 0 Å². The zero-order chi connectivity index (χ0) is 12.9. The summed E-state index contributed by atoms with van der Waals surface area (Å²) in [7, 11) is 0. The van der Waals surface area contributed by atoms with Crippen molar-refractivity contribution in [3.05, 3.63) is 28.8 Å². The molecule has 2 nitrogen and oxygen atoms in total. The van der Waals surface area contributed by atoms with Crippen molar-refractivity contribution < 1.29 is 27.1 Å². The van der Waals surface area contributed by atoms with Crippen LogP contribution in [0, 0.1) is 29.2 Å². The average molecular weight is 248 g/mol. The summed E-state index contributed by atoms with van der Waals surface area (Å²) < 4.78 is 57.3. The number of halogens is 4. The van der Waals surface area contributed by atoms with E-state index >= 15 is 0 Å². The van der Waals surface area contributed by atoms with Gasteiger partial charge in [-0.25, -0.2) is 13.2 Å². The van der Waals surface area contributed by atoms with Crippen molar-refractivity contribution in [2.24, 2.45) is 5.92 Å². The summed E-state index contributed by atoms with van der Waals surface area (Å²) in [5.74, 6) is -10.2. The van der Waals surface area contributed by atoms with Crippen LogP contribution >= 0.6 is 0 Å². The number of carbonyl (C=O) groups excluding carboxylic acids is 1. The van der Waals surface area contributed by atoms with Crippen LogP contribution in [0.3, 0.4) is 0 Å². The van der Waals surface area contributed by atoms with Gasteiger partial charge in [0.2, 0.25) is 11.6 Å². The Morgan fingerprint density at radius 2 is 1.41 bits per heavy atom. The summed E-state index contributed by atoms with van der Waals surface area (Å²) in [5.41, 5.74) is -0.437. The lowest BCUT2D eigenvalue weighted by Gasteiger charge is -2.27. The van der Waals surface area contributed by atoms with Gasteiger partial charge in [0.1, 0.15) is 0 Å². The third-order valence-electron chi connectivity index (χ3n) is 3.04. The molecule has 0 amide bonds. The Bertz CT molecular complexity index is 513. The van der Waals surface area contributed by atoms with Gasteiger partial charge in [0.25, 0.3) is 0 Å². The number of hydrogen-bond donors (Lipinski definition) is 0. The molecule has 0 saturated carbocycles. The van der Waals surface area contributed by atoms with Crippen molar-refractivity contribution in [1.29, 1.82) is 0 Å². The van der Waals surface area contributed by atoms with Crippen LogP contribution in [-0.4, -0.2) is 5.97 Å². The maximum atomic E-state index is 13.5. The molecule has 92 valence electrons. The fraction of sp³-hybridized carbons (Fsp3) is 0.364. The number of hydrogen-bond acceptors (Lipinski definition) is 2. The van der Waals surface area contributed by atoms with Gasteiger partial charge in [0.05, 0.1) is 5.92 Å². The highest BCUT2D eigenvalue weighted by Gasteiger charge is 2.39. The van der Waals surface area contributed by atoms with E-state index in [4.69, 9.17) is 0 Å². The van der Waals surface area contributed by atoms with Gasteiger partial charge in [-0.2, -0.15) is 4.39 Å². The third-order valence-corrected chi connectivity index (χ3v) is 3.04. The maximum Gasteiger partial charge on any atom is 0.314 e. The summed E-state index contributed by atoms with van der Waals surface area (Å²) in [5, 5.41) is 0. The summed E-state index contributed by atoms with van der Waals surface area (Å²) >= 11 is 0. The van der Waals surface area contributed by atoms with Crippen molar-refractivity contribution >= 4 is 5.97 Å². The summed E-state index contributed by atoms with van der Waals surface area (Å²) in [6.45, 7) is 2.86. The molecule has 2 atom stereocenters. The first-order valence-corrected chi connectivity index (χ1v) is 4.93. The van der Waals surface area contributed by atoms with Gasteiger partial charge < -0.3 is 4.74 Å². The van der Waals surface area contributed by atoms with Crippen LogP contribution in [0.1, 0.15) is 25.3 Å². The molecule has 0 aromatic heterocycles. The van der Waals surface area contributed by atoms with Crippen molar-refractivity contribution in [2.75, 3.05) is 0 Å². The predicted molar refractivity (Wildman–Crippen MR) is 49.5 cm³/mol. The van der Waals surface area contributed by atoms with E-state index in [1.54, 1.807) is 0 Å². The van der Waals surface area contributed by atoms with E-state index in [2.05, 4.69) is 4.74 Å². The molecule has 0 saturated heterocycles. The molecule has 0 aliphatic carbocycles. The van der Waals surface area contributed by atoms with E-state index in [-0.39, 0.29) is 0 Å². The Morgan fingerprint density at radius 1 is 0.882 bits per heavy atom. The normalized spacial score (nSPS) is 23.3. The maximum absolute atomic E-state index is 13.5. The number of rotatable bonds is 0. The van der Waals surface area contributed by atoms with Crippen LogP contribution in [0.15, 0.2) is 0 Å². The zero-order valence-electron chi connectivity index (χ0n) is 8.98. The largest absolute Gasteiger partial charge is 0.423 e. The Balaban J connectivity index is 2.77. The van der Waals surface area contributed by atoms with E-state index in [1.807, 2.05) is 0 Å². The predicted octanol–water partition coefficient (Wildman–Crippen LogP) is 2.90. The van der Waals surface area contributed by atoms with Crippen molar-refractivity contribution in [3.8, 4) is 5.75 Å². The molecule has 2 rings (SSSR count). The van der Waals surface area contributed by atoms with Gasteiger partial charge in [-0.3, -0.25) is 4.79 Å². The first-order chi connectivity index (χ1) is 7.86. The van der Waals surface area contributed by atoms with E-state index in [0.717, 1.165) is 0 Å². The lowest BCUT2D eigenvalue weighted by atomic mass is 9.85. The van der Waals surface area contributed by atoms with Gasteiger partial charge in [0, 0.05) is 11.5 Å². The molecule has 1 aromatic carbocycles. The first-order valence-electron chi connectivity index (χ1n) is 4.93. The standard InChI is InChI=1S/C11H8F4O2/c1-3-4(2)11(16)17-10-5(3)6(12)7(13)8(14)9(10)15/h3-4H,1-2H3. The molecule has 17 heavy (non-hydrogen) atoms. The molecular formula is C11H8F4O2. The summed E-state index contributed by atoms with van der Waals surface area (Å²) in [6.07, 6.45) is 0. The SMILES string of the molecule is CC1C(=O)Oc2c(F)c(F)c(F)c(F)c2C1C. The fourth-order valence-electron chi connectivity index (χ4n) is 1.78. The highest BCUT2D eigenvalue weighted by molar-refractivity contribution is 5.79. The van der Waals surface area contributed by atoms with E-state index in [1.165, 1.54) is 13.8 Å². The van der Waals surface area contributed by atoms with Crippen LogP contribution in [0.25, 0.3) is 0 Å².